The number of pyridine rings is 1. The molecule has 0 saturated heterocycles. The average Bonchev–Trinajstić information content (AvgIpc) is 2.40. The number of aromatic nitrogens is 1. The lowest BCUT2D eigenvalue weighted by molar-refractivity contribution is -0.384. The summed E-state index contributed by atoms with van der Waals surface area (Å²) in [4.78, 5) is 25.6. The molecular formula is C12H8ClN3O3. The van der Waals surface area contributed by atoms with Gasteiger partial charge in [-0.3, -0.25) is 14.9 Å². The predicted molar refractivity (Wildman–Crippen MR) is 70.3 cm³/mol. The van der Waals surface area contributed by atoms with E-state index in [2.05, 4.69) is 10.3 Å². The van der Waals surface area contributed by atoms with E-state index in [0.717, 1.165) is 0 Å². The molecule has 0 spiro atoms. The molecule has 96 valence electrons. The minimum atomic E-state index is -0.505. The standard InChI is InChI=1S/C12H8ClN3O3/c13-11-6-1-8(7-14-11)12(17)15-9-2-4-10(5-3-9)16(18)19/h1-7H,(H,15,17). The van der Waals surface area contributed by atoms with E-state index in [9.17, 15) is 14.9 Å². The van der Waals surface area contributed by atoms with E-state index >= 15 is 0 Å². The number of halogens is 1. The van der Waals surface area contributed by atoms with Crippen molar-refractivity contribution >= 4 is 28.9 Å². The van der Waals surface area contributed by atoms with Gasteiger partial charge in [-0.25, -0.2) is 4.98 Å². The highest BCUT2D eigenvalue weighted by atomic mass is 35.5. The smallest absolute Gasteiger partial charge is 0.269 e. The van der Waals surface area contributed by atoms with Gasteiger partial charge in [0.2, 0.25) is 0 Å². The summed E-state index contributed by atoms with van der Waals surface area (Å²) in [7, 11) is 0. The van der Waals surface area contributed by atoms with Crippen LogP contribution in [0.25, 0.3) is 0 Å². The molecule has 6 nitrogen and oxygen atoms in total. The Kier molecular flexibility index (Phi) is 3.72. The van der Waals surface area contributed by atoms with Crippen LogP contribution >= 0.6 is 11.6 Å². The van der Waals surface area contributed by atoms with E-state index in [0.29, 0.717) is 16.4 Å². The number of nitrogens with one attached hydrogen (secondary N) is 1. The molecule has 0 aliphatic heterocycles. The molecule has 0 saturated carbocycles. The minimum absolute atomic E-state index is 0.0360. The van der Waals surface area contributed by atoms with Crippen molar-refractivity contribution in [1.29, 1.82) is 0 Å². The van der Waals surface area contributed by atoms with E-state index in [4.69, 9.17) is 11.6 Å². The molecule has 1 aromatic carbocycles. The highest BCUT2D eigenvalue weighted by Crippen LogP contribution is 2.16. The first-order valence-electron chi connectivity index (χ1n) is 5.23. The number of anilines is 1. The summed E-state index contributed by atoms with van der Waals surface area (Å²) in [5.41, 5.74) is 0.777. The number of non-ortho nitro benzene ring substituents is 1. The van der Waals surface area contributed by atoms with E-state index < -0.39 is 4.92 Å². The molecule has 0 aliphatic rings. The number of benzene rings is 1. The third-order valence-corrected chi connectivity index (χ3v) is 2.55. The first-order valence-corrected chi connectivity index (χ1v) is 5.61. The molecule has 7 heteroatoms. The second-order valence-corrected chi connectivity index (χ2v) is 4.01. The molecule has 2 aromatic rings. The van der Waals surface area contributed by atoms with E-state index in [-0.39, 0.29) is 11.6 Å². The quantitative estimate of drug-likeness (QED) is 0.531. The van der Waals surface area contributed by atoms with Crippen LogP contribution in [0.2, 0.25) is 5.15 Å². The monoisotopic (exact) mass is 277 g/mol. The van der Waals surface area contributed by atoms with Crippen LogP contribution in [0.5, 0.6) is 0 Å². The summed E-state index contributed by atoms with van der Waals surface area (Å²) in [5.74, 6) is -0.363. The summed E-state index contributed by atoms with van der Waals surface area (Å²) in [5, 5.41) is 13.4. The normalized spacial score (nSPS) is 9.95. The van der Waals surface area contributed by atoms with E-state index in [1.807, 2.05) is 0 Å². The number of nitrogens with zero attached hydrogens (tertiary/aromatic N) is 2. The third-order valence-electron chi connectivity index (χ3n) is 2.33. The van der Waals surface area contributed by atoms with Crippen molar-refractivity contribution < 1.29 is 9.72 Å². The Morgan fingerprint density at radius 2 is 1.89 bits per heavy atom. The molecule has 0 atom stereocenters. The number of rotatable bonds is 3. The maximum absolute atomic E-state index is 11.8. The summed E-state index contributed by atoms with van der Waals surface area (Å²) < 4.78 is 0. The predicted octanol–water partition coefficient (Wildman–Crippen LogP) is 2.90. The lowest BCUT2D eigenvalue weighted by Crippen LogP contribution is -2.12. The van der Waals surface area contributed by atoms with Crippen LogP contribution in [-0.4, -0.2) is 15.8 Å². The first kappa shape index (κ1) is 13.0. The van der Waals surface area contributed by atoms with Gasteiger partial charge in [-0.2, -0.15) is 0 Å². The van der Waals surface area contributed by atoms with Gasteiger partial charge in [-0.1, -0.05) is 11.6 Å². The van der Waals surface area contributed by atoms with Gasteiger partial charge >= 0.3 is 0 Å². The van der Waals surface area contributed by atoms with Crippen molar-refractivity contribution in [2.45, 2.75) is 0 Å². The molecule has 0 unspecified atom stereocenters. The molecule has 2 rings (SSSR count). The highest BCUT2D eigenvalue weighted by Gasteiger charge is 2.08. The summed E-state index contributed by atoms with van der Waals surface area (Å²) in [6.45, 7) is 0. The molecule has 1 amide bonds. The van der Waals surface area contributed by atoms with Crippen LogP contribution in [0.1, 0.15) is 10.4 Å². The molecule has 0 radical (unpaired) electrons. The molecule has 0 fully saturated rings. The Labute approximate surface area is 113 Å². The molecule has 0 bridgehead atoms. The number of hydrogen-bond acceptors (Lipinski definition) is 4. The lowest BCUT2D eigenvalue weighted by atomic mass is 10.2. The number of nitro groups is 1. The maximum atomic E-state index is 11.8. The fourth-order valence-corrected chi connectivity index (χ4v) is 1.49. The van der Waals surface area contributed by atoms with E-state index in [1.165, 1.54) is 42.6 Å². The van der Waals surface area contributed by atoms with Crippen molar-refractivity contribution in [3.8, 4) is 0 Å². The van der Waals surface area contributed by atoms with Gasteiger partial charge in [0.05, 0.1) is 10.5 Å². The van der Waals surface area contributed by atoms with Crippen molar-refractivity contribution in [1.82, 2.24) is 4.98 Å². The number of nitro benzene ring substituents is 1. The Hall–Kier alpha value is -2.47. The number of hydrogen-bond donors (Lipinski definition) is 1. The fourth-order valence-electron chi connectivity index (χ4n) is 1.38. The SMILES string of the molecule is O=C(Nc1ccc([N+](=O)[O-])cc1)c1ccc(Cl)nc1. The lowest BCUT2D eigenvalue weighted by Gasteiger charge is -2.04. The number of carbonyl (C=O) groups excluding carboxylic acids is 1. The molecule has 0 aliphatic carbocycles. The van der Waals surface area contributed by atoms with Gasteiger partial charge in [0.15, 0.2) is 0 Å². The van der Waals surface area contributed by atoms with Gasteiger partial charge in [-0.15, -0.1) is 0 Å². The molecule has 19 heavy (non-hydrogen) atoms. The third kappa shape index (κ3) is 3.26. The zero-order valence-electron chi connectivity index (χ0n) is 9.54. The topological polar surface area (TPSA) is 85.1 Å². The highest BCUT2D eigenvalue weighted by molar-refractivity contribution is 6.29. The summed E-state index contributed by atoms with van der Waals surface area (Å²) >= 11 is 5.62. The van der Waals surface area contributed by atoms with Crippen molar-refractivity contribution in [3.63, 3.8) is 0 Å². The van der Waals surface area contributed by atoms with Crippen LogP contribution in [0, 0.1) is 10.1 Å². The van der Waals surface area contributed by atoms with Gasteiger partial charge in [0.1, 0.15) is 5.15 Å². The molecule has 1 aromatic heterocycles. The average molecular weight is 278 g/mol. The fraction of sp³-hybridized carbons (Fsp3) is 0. The zero-order valence-corrected chi connectivity index (χ0v) is 10.3. The second kappa shape index (κ2) is 5.45. The van der Waals surface area contributed by atoms with Gasteiger partial charge in [0, 0.05) is 24.0 Å². The summed E-state index contributed by atoms with van der Waals surface area (Å²) in [6.07, 6.45) is 1.35. The van der Waals surface area contributed by atoms with Crippen molar-refractivity contribution in [2.75, 3.05) is 5.32 Å². The van der Waals surface area contributed by atoms with Crippen LogP contribution < -0.4 is 5.32 Å². The van der Waals surface area contributed by atoms with Gasteiger partial charge in [-0.05, 0) is 24.3 Å². The Bertz CT molecular complexity index is 611. The molecule has 1 N–H and O–H groups in total. The molecule has 1 heterocycles. The Balaban J connectivity index is 2.10. The van der Waals surface area contributed by atoms with E-state index in [1.54, 1.807) is 0 Å². The van der Waals surface area contributed by atoms with Crippen LogP contribution in [0.15, 0.2) is 42.6 Å². The maximum Gasteiger partial charge on any atom is 0.269 e. The Morgan fingerprint density at radius 3 is 2.42 bits per heavy atom. The van der Waals surface area contributed by atoms with Crippen LogP contribution in [-0.2, 0) is 0 Å². The minimum Gasteiger partial charge on any atom is -0.322 e. The van der Waals surface area contributed by atoms with Crippen LogP contribution in [0.4, 0.5) is 11.4 Å². The molecular weight excluding hydrogens is 270 g/mol. The van der Waals surface area contributed by atoms with Gasteiger partial charge < -0.3 is 5.32 Å². The second-order valence-electron chi connectivity index (χ2n) is 3.63. The van der Waals surface area contributed by atoms with Crippen LogP contribution in [0.3, 0.4) is 0 Å². The zero-order chi connectivity index (χ0) is 13.8. The van der Waals surface area contributed by atoms with Gasteiger partial charge in [0.25, 0.3) is 11.6 Å². The Morgan fingerprint density at radius 1 is 1.21 bits per heavy atom. The first-order chi connectivity index (χ1) is 9.06. The number of amides is 1. The van der Waals surface area contributed by atoms with Crippen molar-refractivity contribution in [3.05, 3.63) is 63.4 Å². The van der Waals surface area contributed by atoms with Crippen molar-refractivity contribution in [2.24, 2.45) is 0 Å². The summed E-state index contributed by atoms with van der Waals surface area (Å²) in [6, 6.07) is 8.59. The number of carbonyl (C=O) groups is 1. The largest absolute Gasteiger partial charge is 0.322 e.